The summed E-state index contributed by atoms with van der Waals surface area (Å²) in [6.45, 7) is 6.99. The molecule has 0 spiro atoms. The predicted octanol–water partition coefficient (Wildman–Crippen LogP) is 1.23. The maximum Gasteiger partial charge on any atom is 0.408 e. The summed E-state index contributed by atoms with van der Waals surface area (Å²) in [5, 5.41) is 13.0. The summed E-state index contributed by atoms with van der Waals surface area (Å²) < 4.78 is 5.32. The molecule has 1 heterocycles. The number of amides is 8. The van der Waals surface area contributed by atoms with E-state index in [-0.39, 0.29) is 37.7 Å². The first-order valence-electron chi connectivity index (χ1n) is 19.7. The molecule has 0 aromatic heterocycles. The number of carbonyl (C=O) groups excluding carboxylic acids is 8. The van der Waals surface area contributed by atoms with Gasteiger partial charge in [0.05, 0.1) is 13.0 Å². The van der Waals surface area contributed by atoms with Crippen molar-refractivity contribution in [1.82, 2.24) is 31.5 Å². The number of alkyl carbamates (subject to hydrolysis) is 1. The average molecular weight is 839 g/mol. The van der Waals surface area contributed by atoms with Crippen molar-refractivity contribution >= 4 is 59.2 Å². The minimum atomic E-state index is -1.53. The molecule has 18 heteroatoms. The highest BCUT2D eigenvalue weighted by Crippen LogP contribution is 2.22. The van der Waals surface area contributed by atoms with Gasteiger partial charge in [-0.3, -0.25) is 33.6 Å². The second-order valence-corrected chi connectivity index (χ2v) is 16.0. The highest BCUT2D eigenvalue weighted by atomic mass is 32.2. The van der Waals surface area contributed by atoms with Crippen molar-refractivity contribution < 1.29 is 43.1 Å². The first kappa shape index (κ1) is 47.7. The highest BCUT2D eigenvalue weighted by Gasteiger charge is 2.40. The zero-order valence-corrected chi connectivity index (χ0v) is 34.9. The van der Waals surface area contributed by atoms with Crippen molar-refractivity contribution in [1.29, 1.82) is 0 Å². The number of likely N-dealkylation sites (tertiary alicyclic amines) is 1. The normalized spacial score (nSPS) is 16.1. The van der Waals surface area contributed by atoms with Gasteiger partial charge in [-0.15, -0.1) is 0 Å². The average Bonchev–Trinajstić information content (AvgIpc) is 3.70. The van der Waals surface area contributed by atoms with E-state index in [9.17, 15) is 38.4 Å². The number of carbonyl (C=O) groups is 8. The molecule has 0 aliphatic carbocycles. The van der Waals surface area contributed by atoms with Gasteiger partial charge in [0.15, 0.2) is 0 Å². The number of thioether (sulfide) groups is 1. The van der Waals surface area contributed by atoms with Crippen molar-refractivity contribution in [2.24, 2.45) is 23.3 Å². The number of ether oxygens (including phenoxy) is 1. The molecular formula is C41H58N8O9S. The number of nitrogens with zero attached hydrogens (tertiary/aromatic N) is 1. The zero-order valence-electron chi connectivity index (χ0n) is 34.1. The SMILES string of the molecule is CCC(C)[C@H](NC(=O)OCc1ccccc1)C(=O)N[C@@H](CC(N)=O)C(=O)N[C@@H](CSCc1ccccc1)C(=O)N1CCC[C@H]1C(=O)N[C@@H](CC(C)C)C(=O)NCC(N)=O. The number of hydrogen-bond donors (Lipinski definition) is 7. The molecule has 59 heavy (non-hydrogen) atoms. The third kappa shape index (κ3) is 16.3. The van der Waals surface area contributed by atoms with E-state index in [0.29, 0.717) is 18.6 Å². The molecule has 0 saturated carbocycles. The lowest BCUT2D eigenvalue weighted by molar-refractivity contribution is -0.142. The quantitative estimate of drug-likeness (QED) is 0.0842. The number of nitrogens with two attached hydrogens (primary N) is 2. The molecule has 0 radical (unpaired) electrons. The Balaban J connectivity index is 1.82. The van der Waals surface area contributed by atoms with Crippen molar-refractivity contribution in [3.63, 3.8) is 0 Å². The van der Waals surface area contributed by atoms with Crippen molar-refractivity contribution in [3.05, 3.63) is 71.8 Å². The third-order valence-electron chi connectivity index (χ3n) is 9.65. The van der Waals surface area contributed by atoms with Gasteiger partial charge in [0, 0.05) is 18.1 Å². The van der Waals surface area contributed by atoms with E-state index in [2.05, 4.69) is 26.6 Å². The molecule has 2 aromatic rings. The fraction of sp³-hybridized carbons (Fsp3) is 0.512. The molecule has 6 atom stereocenters. The van der Waals surface area contributed by atoms with Gasteiger partial charge in [-0.2, -0.15) is 11.8 Å². The van der Waals surface area contributed by atoms with Crippen LogP contribution in [-0.4, -0.2) is 101 Å². The maximum absolute atomic E-state index is 14.3. The van der Waals surface area contributed by atoms with E-state index in [1.165, 1.54) is 16.7 Å². The molecule has 1 saturated heterocycles. The molecule has 8 amide bonds. The van der Waals surface area contributed by atoms with Crippen LogP contribution in [-0.2, 0) is 50.7 Å². The Kier molecular flexibility index (Phi) is 19.7. The molecule has 0 bridgehead atoms. The Morgan fingerprint density at radius 1 is 0.780 bits per heavy atom. The van der Waals surface area contributed by atoms with Gasteiger partial charge in [-0.05, 0) is 42.2 Å². The van der Waals surface area contributed by atoms with Crippen LogP contribution in [0, 0.1) is 11.8 Å². The zero-order chi connectivity index (χ0) is 43.5. The van der Waals surface area contributed by atoms with Crippen LogP contribution in [0.1, 0.15) is 70.9 Å². The lowest BCUT2D eigenvalue weighted by atomic mass is 9.98. The fourth-order valence-electron chi connectivity index (χ4n) is 6.35. The first-order valence-corrected chi connectivity index (χ1v) is 20.9. The summed E-state index contributed by atoms with van der Waals surface area (Å²) in [5.74, 6) is -4.98. The van der Waals surface area contributed by atoms with Crippen LogP contribution in [0.15, 0.2) is 60.7 Å². The van der Waals surface area contributed by atoms with Crippen LogP contribution in [0.25, 0.3) is 0 Å². The van der Waals surface area contributed by atoms with Gasteiger partial charge in [-0.1, -0.05) is 94.8 Å². The Hall–Kier alpha value is -5.65. The smallest absolute Gasteiger partial charge is 0.408 e. The van der Waals surface area contributed by atoms with E-state index in [1.807, 2.05) is 57.2 Å². The summed E-state index contributed by atoms with van der Waals surface area (Å²) in [4.78, 5) is 106. The number of rotatable bonds is 23. The molecule has 1 fully saturated rings. The van der Waals surface area contributed by atoms with E-state index in [4.69, 9.17) is 16.2 Å². The lowest BCUT2D eigenvalue weighted by Gasteiger charge is -2.31. The van der Waals surface area contributed by atoms with Crippen molar-refractivity contribution in [2.75, 3.05) is 18.8 Å². The van der Waals surface area contributed by atoms with E-state index in [1.54, 1.807) is 31.2 Å². The van der Waals surface area contributed by atoms with Crippen LogP contribution in [0.3, 0.4) is 0 Å². The molecule has 9 N–H and O–H groups in total. The molecule has 3 rings (SSSR count). The molecule has 17 nitrogen and oxygen atoms in total. The second-order valence-electron chi connectivity index (χ2n) is 14.9. The molecule has 2 aromatic carbocycles. The number of primary amides is 2. The van der Waals surface area contributed by atoms with Crippen molar-refractivity contribution in [2.45, 2.75) is 102 Å². The van der Waals surface area contributed by atoms with Crippen LogP contribution >= 0.6 is 11.8 Å². The number of hydrogen-bond acceptors (Lipinski definition) is 10. The number of benzene rings is 2. The van der Waals surface area contributed by atoms with Gasteiger partial charge in [0.2, 0.25) is 41.4 Å². The molecule has 1 aliphatic heterocycles. The van der Waals surface area contributed by atoms with Crippen molar-refractivity contribution in [3.8, 4) is 0 Å². The van der Waals surface area contributed by atoms with Gasteiger partial charge in [-0.25, -0.2) is 4.79 Å². The van der Waals surface area contributed by atoms with Crippen LogP contribution in [0.4, 0.5) is 4.79 Å². The highest BCUT2D eigenvalue weighted by molar-refractivity contribution is 7.98. The van der Waals surface area contributed by atoms with E-state index in [0.717, 1.165) is 11.1 Å². The van der Waals surface area contributed by atoms with E-state index >= 15 is 0 Å². The summed E-state index contributed by atoms with van der Waals surface area (Å²) in [6, 6.07) is 12.5. The second kappa shape index (κ2) is 24.3. The predicted molar refractivity (Wildman–Crippen MR) is 222 cm³/mol. The summed E-state index contributed by atoms with van der Waals surface area (Å²) >= 11 is 1.35. The Bertz CT molecular complexity index is 1750. The fourth-order valence-corrected chi connectivity index (χ4v) is 7.36. The summed E-state index contributed by atoms with van der Waals surface area (Å²) in [6.07, 6.45) is -0.0309. The Morgan fingerprint density at radius 3 is 2.00 bits per heavy atom. The summed E-state index contributed by atoms with van der Waals surface area (Å²) in [5.41, 5.74) is 12.4. The van der Waals surface area contributed by atoms with Crippen LogP contribution in [0.2, 0.25) is 0 Å². The molecule has 322 valence electrons. The van der Waals surface area contributed by atoms with Gasteiger partial charge in [0.1, 0.15) is 36.8 Å². The van der Waals surface area contributed by atoms with Gasteiger partial charge >= 0.3 is 6.09 Å². The van der Waals surface area contributed by atoms with E-state index < -0.39 is 96.5 Å². The van der Waals surface area contributed by atoms with Crippen LogP contribution in [0.5, 0.6) is 0 Å². The van der Waals surface area contributed by atoms with Gasteiger partial charge < -0.3 is 47.7 Å². The number of nitrogens with one attached hydrogen (secondary N) is 5. The monoisotopic (exact) mass is 838 g/mol. The van der Waals surface area contributed by atoms with Crippen LogP contribution < -0.4 is 38.1 Å². The molecule has 1 aliphatic rings. The maximum atomic E-state index is 14.3. The first-order chi connectivity index (χ1) is 28.1. The largest absolute Gasteiger partial charge is 0.445 e. The summed E-state index contributed by atoms with van der Waals surface area (Å²) in [7, 11) is 0. The Morgan fingerprint density at radius 2 is 1.41 bits per heavy atom. The minimum Gasteiger partial charge on any atom is -0.445 e. The third-order valence-corrected chi connectivity index (χ3v) is 10.8. The standard InChI is InChI=1S/C41H58N8O9S/c1-5-26(4)35(48-41(57)58-22-27-13-8-6-9-14-27)39(55)46-30(20-33(42)50)37(53)47-31(24-59-23-28-15-10-7-11-16-28)40(56)49-18-12-17-32(49)38(54)45-29(19-25(2)3)36(52)44-21-34(43)51/h6-11,13-16,25-26,29-32,35H,5,12,17-24H2,1-4H3,(H2,42,50)(H2,43,51)(H,44,52)(H,45,54)(H,46,55)(H,47,53)(H,48,57)/t26?,29-,30-,31-,32-,35-/m0/s1. The molecule has 1 unspecified atom stereocenters. The Labute approximate surface area is 349 Å². The minimum absolute atomic E-state index is 0.0132. The topological polar surface area (TPSA) is 261 Å². The molecular weight excluding hydrogens is 781 g/mol. The lowest BCUT2D eigenvalue weighted by Crippen LogP contribution is -2.60. The van der Waals surface area contributed by atoms with Gasteiger partial charge in [0.25, 0.3) is 0 Å².